The van der Waals surface area contributed by atoms with Crippen molar-refractivity contribution in [2.75, 3.05) is 26.2 Å². The molecule has 1 saturated heterocycles. The lowest BCUT2D eigenvalue weighted by atomic mass is 9.85. The Morgan fingerprint density at radius 2 is 1.58 bits per heavy atom. The van der Waals surface area contributed by atoms with Gasteiger partial charge in [0.25, 0.3) is 11.8 Å². The molecule has 0 spiro atoms. The molecule has 4 rings (SSSR count). The Morgan fingerprint density at radius 1 is 0.968 bits per heavy atom. The molecule has 0 aromatic heterocycles. The van der Waals surface area contributed by atoms with Crippen LogP contribution in [0, 0.1) is 11.3 Å². The van der Waals surface area contributed by atoms with Crippen LogP contribution in [0.15, 0.2) is 48.5 Å². The van der Waals surface area contributed by atoms with Gasteiger partial charge in [-0.3, -0.25) is 9.59 Å². The summed E-state index contributed by atoms with van der Waals surface area (Å²) in [5, 5.41) is 19.4. The van der Waals surface area contributed by atoms with E-state index in [4.69, 9.17) is 0 Å². The van der Waals surface area contributed by atoms with Crippen LogP contribution < -0.4 is 0 Å². The van der Waals surface area contributed by atoms with Crippen molar-refractivity contribution in [3.63, 3.8) is 0 Å². The van der Waals surface area contributed by atoms with Crippen LogP contribution in [0.25, 0.3) is 11.1 Å². The van der Waals surface area contributed by atoms with E-state index in [-0.39, 0.29) is 11.8 Å². The Morgan fingerprint density at radius 3 is 2.16 bits per heavy atom. The molecule has 1 heterocycles. The highest BCUT2D eigenvalue weighted by atomic mass is 16.3. The van der Waals surface area contributed by atoms with Crippen molar-refractivity contribution < 1.29 is 14.7 Å². The maximum Gasteiger partial charge on any atom is 0.254 e. The van der Waals surface area contributed by atoms with Gasteiger partial charge in [-0.1, -0.05) is 30.3 Å². The third-order valence-electron chi connectivity index (χ3n) is 6.30. The number of nitriles is 1. The molecule has 1 N–H and O–H groups in total. The van der Waals surface area contributed by atoms with E-state index >= 15 is 0 Å². The third kappa shape index (κ3) is 4.19. The zero-order chi connectivity index (χ0) is 22.2. The number of hydrogen-bond acceptors (Lipinski definition) is 4. The summed E-state index contributed by atoms with van der Waals surface area (Å²) in [7, 11) is 0. The summed E-state index contributed by atoms with van der Waals surface area (Å²) in [5.41, 5.74) is 1.84. The first-order valence-electron chi connectivity index (χ1n) is 10.7. The summed E-state index contributed by atoms with van der Waals surface area (Å²) >= 11 is 0. The highest BCUT2D eigenvalue weighted by Crippen LogP contribution is 2.37. The topological polar surface area (TPSA) is 84.6 Å². The maximum absolute atomic E-state index is 12.9. The standard InChI is InChI=1S/C25H27N3O3/c1-24(2,17-26)21-5-3-4-20(16-21)18-6-8-19(9-7-18)22(29)27-12-14-28(15-13-27)23(30)25(31)10-11-25/h3-9,16,31H,10-15H2,1-2H3. The molecule has 0 bridgehead atoms. The van der Waals surface area contributed by atoms with E-state index in [1.807, 2.05) is 62.4 Å². The third-order valence-corrected chi connectivity index (χ3v) is 6.30. The lowest BCUT2D eigenvalue weighted by Gasteiger charge is -2.35. The molecule has 1 aliphatic heterocycles. The molecular formula is C25H27N3O3. The lowest BCUT2D eigenvalue weighted by Crippen LogP contribution is -2.53. The summed E-state index contributed by atoms with van der Waals surface area (Å²) in [4.78, 5) is 28.6. The fourth-order valence-electron chi connectivity index (χ4n) is 3.88. The van der Waals surface area contributed by atoms with Crippen LogP contribution in [-0.2, 0) is 10.2 Å². The summed E-state index contributed by atoms with van der Waals surface area (Å²) in [6, 6.07) is 17.7. The number of piperazine rings is 1. The Labute approximate surface area is 182 Å². The molecule has 2 fully saturated rings. The molecule has 2 aromatic carbocycles. The maximum atomic E-state index is 12.9. The average molecular weight is 418 g/mol. The molecule has 6 nitrogen and oxygen atoms in total. The zero-order valence-corrected chi connectivity index (χ0v) is 18.0. The van der Waals surface area contributed by atoms with E-state index in [9.17, 15) is 20.0 Å². The molecule has 1 aliphatic carbocycles. The van der Waals surface area contributed by atoms with Gasteiger partial charge in [-0.2, -0.15) is 5.26 Å². The van der Waals surface area contributed by atoms with Crippen molar-refractivity contribution in [2.24, 2.45) is 0 Å². The van der Waals surface area contributed by atoms with Crippen LogP contribution in [0.2, 0.25) is 0 Å². The van der Waals surface area contributed by atoms with Crippen molar-refractivity contribution in [2.45, 2.75) is 37.7 Å². The molecule has 1 saturated carbocycles. The van der Waals surface area contributed by atoms with E-state index < -0.39 is 11.0 Å². The van der Waals surface area contributed by atoms with Gasteiger partial charge in [0, 0.05) is 31.7 Å². The van der Waals surface area contributed by atoms with Gasteiger partial charge in [-0.25, -0.2) is 0 Å². The Bertz CT molecular complexity index is 1040. The van der Waals surface area contributed by atoms with Gasteiger partial charge in [0.2, 0.25) is 0 Å². The van der Waals surface area contributed by atoms with Gasteiger partial charge < -0.3 is 14.9 Å². The van der Waals surface area contributed by atoms with Gasteiger partial charge in [-0.05, 0) is 61.6 Å². The van der Waals surface area contributed by atoms with Crippen LogP contribution >= 0.6 is 0 Å². The molecule has 0 radical (unpaired) electrons. The van der Waals surface area contributed by atoms with Crippen molar-refractivity contribution in [1.29, 1.82) is 5.26 Å². The molecule has 31 heavy (non-hydrogen) atoms. The highest BCUT2D eigenvalue weighted by Gasteiger charge is 2.50. The number of aliphatic hydroxyl groups is 1. The van der Waals surface area contributed by atoms with E-state index in [0.29, 0.717) is 44.6 Å². The van der Waals surface area contributed by atoms with Crippen molar-refractivity contribution in [3.05, 3.63) is 59.7 Å². The van der Waals surface area contributed by atoms with Crippen LogP contribution in [0.3, 0.4) is 0 Å². The number of carbonyl (C=O) groups is 2. The van der Waals surface area contributed by atoms with Gasteiger partial charge >= 0.3 is 0 Å². The fourth-order valence-corrected chi connectivity index (χ4v) is 3.88. The average Bonchev–Trinajstić information content (AvgIpc) is 3.57. The second-order valence-corrected chi connectivity index (χ2v) is 9.01. The monoisotopic (exact) mass is 417 g/mol. The minimum atomic E-state index is -1.15. The van der Waals surface area contributed by atoms with Gasteiger partial charge in [0.15, 0.2) is 0 Å². The Balaban J connectivity index is 1.42. The van der Waals surface area contributed by atoms with Crippen molar-refractivity contribution >= 4 is 11.8 Å². The summed E-state index contributed by atoms with van der Waals surface area (Å²) in [5.74, 6) is -0.256. The second kappa shape index (κ2) is 7.82. The minimum Gasteiger partial charge on any atom is -0.380 e. The van der Waals surface area contributed by atoms with E-state index in [2.05, 4.69) is 6.07 Å². The predicted molar refractivity (Wildman–Crippen MR) is 117 cm³/mol. The molecule has 2 amide bonds. The SMILES string of the molecule is CC(C)(C#N)c1cccc(-c2ccc(C(=O)N3CCN(C(=O)C4(O)CC4)CC3)cc2)c1. The summed E-state index contributed by atoms with van der Waals surface area (Å²) in [6.07, 6.45) is 1.07. The molecular weight excluding hydrogens is 390 g/mol. The van der Waals surface area contributed by atoms with Crippen molar-refractivity contribution in [3.8, 4) is 17.2 Å². The van der Waals surface area contributed by atoms with Gasteiger partial charge in [0.1, 0.15) is 5.60 Å². The Kier molecular flexibility index (Phi) is 5.32. The molecule has 6 heteroatoms. The fraction of sp³-hybridized carbons (Fsp3) is 0.400. The van der Waals surface area contributed by atoms with Crippen LogP contribution in [0.4, 0.5) is 0 Å². The predicted octanol–water partition coefficient (Wildman–Crippen LogP) is 2.96. The molecule has 0 unspecified atom stereocenters. The zero-order valence-electron chi connectivity index (χ0n) is 18.0. The number of hydrogen-bond donors (Lipinski definition) is 1. The molecule has 160 valence electrons. The van der Waals surface area contributed by atoms with E-state index in [0.717, 1.165) is 16.7 Å². The number of nitrogens with zero attached hydrogens (tertiary/aromatic N) is 3. The summed E-state index contributed by atoms with van der Waals surface area (Å²) < 4.78 is 0. The quantitative estimate of drug-likeness (QED) is 0.829. The number of rotatable bonds is 4. The van der Waals surface area contributed by atoms with Gasteiger partial charge in [-0.15, -0.1) is 0 Å². The normalized spacial score (nSPS) is 17.7. The first kappa shape index (κ1) is 21.1. The second-order valence-electron chi connectivity index (χ2n) is 9.01. The van der Waals surface area contributed by atoms with Crippen molar-refractivity contribution in [1.82, 2.24) is 9.80 Å². The molecule has 2 aromatic rings. The van der Waals surface area contributed by atoms with Crippen LogP contribution in [0.5, 0.6) is 0 Å². The molecule has 0 atom stereocenters. The van der Waals surface area contributed by atoms with E-state index in [1.54, 1.807) is 9.80 Å². The van der Waals surface area contributed by atoms with E-state index in [1.165, 1.54) is 0 Å². The number of amides is 2. The lowest BCUT2D eigenvalue weighted by molar-refractivity contribution is -0.143. The first-order chi connectivity index (χ1) is 14.7. The van der Waals surface area contributed by atoms with Crippen LogP contribution in [0.1, 0.15) is 42.6 Å². The number of benzene rings is 2. The minimum absolute atomic E-state index is 0.0526. The first-order valence-corrected chi connectivity index (χ1v) is 10.7. The number of carbonyl (C=O) groups excluding carboxylic acids is 2. The Hall–Kier alpha value is -3.17. The largest absolute Gasteiger partial charge is 0.380 e. The summed E-state index contributed by atoms with van der Waals surface area (Å²) in [6.45, 7) is 5.62. The highest BCUT2D eigenvalue weighted by molar-refractivity contribution is 5.95. The van der Waals surface area contributed by atoms with Gasteiger partial charge in [0.05, 0.1) is 11.5 Å². The van der Waals surface area contributed by atoms with Crippen LogP contribution in [-0.4, -0.2) is 58.5 Å². The smallest absolute Gasteiger partial charge is 0.254 e. The molecule has 2 aliphatic rings.